The summed E-state index contributed by atoms with van der Waals surface area (Å²) in [4.78, 5) is 11.7. The standard InChI is InChI=1S/C21H26N6S2/c1-21(2,3)29-20(28)26-16-8-5-13-14(18(16)22-4)6-7-15(13)25-17-9-12-10-23-11-24-19(12)27-17/h5,8-11,15,22,25H,6-7H2,1-4H3,(H,26,28)(H,23,24,27). The van der Waals surface area contributed by atoms with Crippen molar-refractivity contribution in [2.45, 2.75) is 44.4 Å². The number of benzene rings is 1. The van der Waals surface area contributed by atoms with Crippen LogP contribution in [0.2, 0.25) is 0 Å². The normalized spacial score (nSPS) is 15.9. The molecule has 0 saturated carbocycles. The first-order valence-electron chi connectivity index (χ1n) is 9.73. The molecule has 3 aromatic rings. The summed E-state index contributed by atoms with van der Waals surface area (Å²) in [6, 6.07) is 6.64. The van der Waals surface area contributed by atoms with Crippen LogP contribution in [0.25, 0.3) is 11.0 Å². The van der Waals surface area contributed by atoms with Crippen molar-refractivity contribution in [1.29, 1.82) is 0 Å². The number of nitrogens with one attached hydrogen (secondary N) is 4. The lowest BCUT2D eigenvalue weighted by molar-refractivity contribution is 0.759. The number of aromatic amines is 1. The summed E-state index contributed by atoms with van der Waals surface area (Å²) >= 11 is 7.23. The van der Waals surface area contributed by atoms with Crippen LogP contribution < -0.4 is 16.0 Å². The van der Waals surface area contributed by atoms with Gasteiger partial charge in [-0.15, -0.1) is 0 Å². The largest absolute Gasteiger partial charge is 0.386 e. The third kappa shape index (κ3) is 4.33. The molecule has 1 aliphatic rings. The summed E-state index contributed by atoms with van der Waals surface area (Å²) in [5, 5.41) is 11.4. The number of fused-ring (bicyclic) bond motifs is 2. The number of thiocarbonyl (C=S) groups is 1. The maximum atomic E-state index is 5.56. The lowest BCUT2D eigenvalue weighted by Crippen LogP contribution is -2.17. The molecule has 1 aromatic carbocycles. The highest BCUT2D eigenvalue weighted by molar-refractivity contribution is 8.24. The Kier molecular flexibility index (Phi) is 5.40. The number of nitrogens with zero attached hydrogens (tertiary/aromatic N) is 2. The van der Waals surface area contributed by atoms with Crippen molar-refractivity contribution in [3.8, 4) is 0 Å². The van der Waals surface area contributed by atoms with Gasteiger partial charge < -0.3 is 20.9 Å². The zero-order valence-corrected chi connectivity index (χ0v) is 18.7. The number of rotatable bonds is 4. The Morgan fingerprint density at radius 1 is 1.31 bits per heavy atom. The smallest absolute Gasteiger partial charge is 0.142 e. The lowest BCUT2D eigenvalue weighted by Gasteiger charge is -2.21. The molecule has 0 amide bonds. The molecule has 1 atom stereocenters. The van der Waals surface area contributed by atoms with Crippen LogP contribution >= 0.6 is 24.0 Å². The highest BCUT2D eigenvalue weighted by atomic mass is 32.2. The molecule has 1 unspecified atom stereocenters. The second kappa shape index (κ2) is 7.84. The Balaban J connectivity index is 1.56. The van der Waals surface area contributed by atoms with E-state index in [-0.39, 0.29) is 10.8 Å². The fourth-order valence-corrected chi connectivity index (χ4v) is 5.37. The number of hydrogen-bond acceptors (Lipinski definition) is 6. The van der Waals surface area contributed by atoms with E-state index in [1.54, 1.807) is 18.1 Å². The van der Waals surface area contributed by atoms with Crippen molar-refractivity contribution in [1.82, 2.24) is 15.0 Å². The van der Waals surface area contributed by atoms with Crippen molar-refractivity contribution in [2.75, 3.05) is 23.0 Å². The van der Waals surface area contributed by atoms with E-state index in [0.29, 0.717) is 0 Å². The summed E-state index contributed by atoms with van der Waals surface area (Å²) in [6.07, 6.45) is 5.43. The van der Waals surface area contributed by atoms with Gasteiger partial charge in [0.2, 0.25) is 0 Å². The fourth-order valence-electron chi connectivity index (χ4n) is 3.79. The zero-order valence-electron chi connectivity index (χ0n) is 17.1. The Hall–Kier alpha value is -2.32. The molecule has 0 bridgehead atoms. The predicted molar refractivity (Wildman–Crippen MR) is 128 cm³/mol. The minimum Gasteiger partial charge on any atom is -0.386 e. The van der Waals surface area contributed by atoms with Gasteiger partial charge in [0, 0.05) is 23.4 Å². The molecular weight excluding hydrogens is 400 g/mol. The van der Waals surface area contributed by atoms with Crippen molar-refractivity contribution in [3.63, 3.8) is 0 Å². The molecule has 6 nitrogen and oxygen atoms in total. The molecule has 152 valence electrons. The van der Waals surface area contributed by atoms with Crippen molar-refractivity contribution < 1.29 is 0 Å². The van der Waals surface area contributed by atoms with Crippen LogP contribution in [-0.2, 0) is 6.42 Å². The van der Waals surface area contributed by atoms with Gasteiger partial charge in [0.05, 0.1) is 17.4 Å². The molecule has 0 spiro atoms. The van der Waals surface area contributed by atoms with Crippen molar-refractivity contribution >= 4 is 56.5 Å². The Morgan fingerprint density at radius 3 is 2.86 bits per heavy atom. The van der Waals surface area contributed by atoms with Crippen molar-refractivity contribution in [2.24, 2.45) is 0 Å². The number of hydrogen-bond donors (Lipinski definition) is 4. The maximum absolute atomic E-state index is 5.56. The third-order valence-corrected chi connectivity index (χ3v) is 6.17. The third-order valence-electron chi connectivity index (χ3n) is 4.92. The molecule has 8 heteroatoms. The van der Waals surface area contributed by atoms with Crippen molar-refractivity contribution in [3.05, 3.63) is 41.9 Å². The predicted octanol–water partition coefficient (Wildman–Crippen LogP) is 5.33. The highest BCUT2D eigenvalue weighted by Gasteiger charge is 2.27. The summed E-state index contributed by atoms with van der Waals surface area (Å²) in [5.41, 5.74) is 5.68. The van der Waals surface area contributed by atoms with E-state index in [1.807, 2.05) is 13.2 Å². The Morgan fingerprint density at radius 2 is 2.14 bits per heavy atom. The van der Waals surface area contributed by atoms with Crippen LogP contribution in [0.5, 0.6) is 0 Å². The summed E-state index contributed by atoms with van der Waals surface area (Å²) in [7, 11) is 1.97. The summed E-state index contributed by atoms with van der Waals surface area (Å²) in [5.74, 6) is 0.967. The second-order valence-corrected chi connectivity index (χ2v) is 10.7. The lowest BCUT2D eigenvalue weighted by atomic mass is 10.0. The number of thioether (sulfide) groups is 1. The first kappa shape index (κ1) is 20.0. The monoisotopic (exact) mass is 426 g/mol. The van der Waals surface area contributed by atoms with E-state index in [1.165, 1.54) is 11.1 Å². The van der Waals surface area contributed by atoms with Crippen LogP contribution in [0.1, 0.15) is 44.4 Å². The van der Waals surface area contributed by atoms with Gasteiger partial charge in [-0.25, -0.2) is 9.97 Å². The van der Waals surface area contributed by atoms with Crippen LogP contribution in [0.4, 0.5) is 17.2 Å². The molecule has 0 aliphatic heterocycles. The van der Waals surface area contributed by atoms with Gasteiger partial charge in [-0.2, -0.15) is 0 Å². The molecule has 0 radical (unpaired) electrons. The van der Waals surface area contributed by atoms with Crippen LogP contribution in [-0.4, -0.2) is 31.1 Å². The Bertz CT molecular complexity index is 1020. The van der Waals surface area contributed by atoms with Gasteiger partial charge in [-0.05, 0) is 36.1 Å². The van der Waals surface area contributed by atoms with Gasteiger partial charge in [-0.1, -0.05) is 50.8 Å². The van der Waals surface area contributed by atoms with E-state index in [4.69, 9.17) is 12.2 Å². The van der Waals surface area contributed by atoms with Gasteiger partial charge in [0.15, 0.2) is 0 Å². The topological polar surface area (TPSA) is 77.7 Å². The maximum Gasteiger partial charge on any atom is 0.142 e. The van der Waals surface area contributed by atoms with Gasteiger partial charge in [0.25, 0.3) is 0 Å². The Labute approximate surface area is 180 Å². The minimum atomic E-state index is 0.0829. The first-order valence-corrected chi connectivity index (χ1v) is 11.0. The number of aromatic nitrogens is 3. The molecule has 0 fully saturated rings. The quantitative estimate of drug-likeness (QED) is 0.420. The fraction of sp³-hybridized carbons (Fsp3) is 0.381. The molecule has 4 N–H and O–H groups in total. The summed E-state index contributed by atoms with van der Waals surface area (Å²) < 4.78 is 0.875. The molecule has 1 aliphatic carbocycles. The van der Waals surface area contributed by atoms with E-state index in [2.05, 4.69) is 69.9 Å². The van der Waals surface area contributed by atoms with Gasteiger partial charge in [-0.3, -0.25) is 0 Å². The zero-order chi connectivity index (χ0) is 20.6. The minimum absolute atomic E-state index is 0.0829. The molecule has 4 rings (SSSR count). The van der Waals surface area contributed by atoms with E-state index < -0.39 is 0 Å². The molecule has 0 saturated heterocycles. The van der Waals surface area contributed by atoms with Gasteiger partial charge in [0.1, 0.15) is 22.1 Å². The first-order chi connectivity index (χ1) is 13.8. The van der Waals surface area contributed by atoms with Gasteiger partial charge >= 0.3 is 0 Å². The molecule has 2 heterocycles. The van der Waals surface area contributed by atoms with E-state index in [0.717, 1.165) is 45.4 Å². The molecular formula is C21H26N6S2. The molecule has 29 heavy (non-hydrogen) atoms. The molecule has 2 aromatic heterocycles. The van der Waals surface area contributed by atoms with Crippen LogP contribution in [0.15, 0.2) is 30.7 Å². The van der Waals surface area contributed by atoms with E-state index >= 15 is 0 Å². The average Bonchev–Trinajstić information content (AvgIpc) is 3.24. The number of H-pyrrole nitrogens is 1. The van der Waals surface area contributed by atoms with Crippen LogP contribution in [0, 0.1) is 0 Å². The second-order valence-electron chi connectivity index (χ2n) is 8.18. The highest BCUT2D eigenvalue weighted by Crippen LogP contribution is 2.41. The SMILES string of the molecule is CNc1c(NC(=S)SC(C)(C)C)ccc2c1CCC2Nc1cc2cncnc2[nH]1. The van der Waals surface area contributed by atoms with Crippen LogP contribution in [0.3, 0.4) is 0 Å². The average molecular weight is 427 g/mol. The number of anilines is 3. The summed E-state index contributed by atoms with van der Waals surface area (Å²) in [6.45, 7) is 6.50. The van der Waals surface area contributed by atoms with E-state index in [9.17, 15) is 0 Å².